The van der Waals surface area contributed by atoms with E-state index in [1.165, 1.54) is 12.1 Å². The molecule has 0 spiro atoms. The van der Waals surface area contributed by atoms with Crippen LogP contribution in [-0.2, 0) is 5.41 Å². The Bertz CT molecular complexity index is 897. The van der Waals surface area contributed by atoms with Gasteiger partial charge in [-0.25, -0.2) is 4.39 Å². The second-order valence-corrected chi connectivity index (χ2v) is 6.53. The van der Waals surface area contributed by atoms with Crippen molar-refractivity contribution in [3.05, 3.63) is 83.7 Å². The molecule has 0 radical (unpaired) electrons. The predicted octanol–water partition coefficient (Wildman–Crippen LogP) is 4.44. The highest BCUT2D eigenvalue weighted by molar-refractivity contribution is 5.98. The van der Waals surface area contributed by atoms with Gasteiger partial charge in [0.05, 0.1) is 0 Å². The van der Waals surface area contributed by atoms with E-state index in [9.17, 15) is 9.18 Å². The van der Waals surface area contributed by atoms with Crippen LogP contribution in [0.15, 0.2) is 66.7 Å². The number of rotatable bonds is 4. The second kappa shape index (κ2) is 5.75. The summed E-state index contributed by atoms with van der Waals surface area (Å²) in [5, 5.41) is 5.23. The van der Waals surface area contributed by atoms with Crippen LogP contribution in [0.5, 0.6) is 0 Å². The summed E-state index contributed by atoms with van der Waals surface area (Å²) in [6.07, 6.45) is 2.05. The number of hydrogen-bond donors (Lipinski definition) is 1. The van der Waals surface area contributed by atoms with Crippen LogP contribution in [0.3, 0.4) is 0 Å². The molecule has 1 fully saturated rings. The summed E-state index contributed by atoms with van der Waals surface area (Å²) < 4.78 is 13.1. The molecule has 3 aromatic rings. The third-order valence-corrected chi connectivity index (χ3v) is 4.91. The first-order valence-corrected chi connectivity index (χ1v) is 8.19. The Morgan fingerprint density at radius 3 is 2.38 bits per heavy atom. The Hall–Kier alpha value is -2.68. The maximum absolute atomic E-state index is 13.1. The lowest BCUT2D eigenvalue weighted by molar-refractivity contribution is 0.0950. The van der Waals surface area contributed by atoms with Gasteiger partial charge in [0.1, 0.15) is 5.82 Å². The van der Waals surface area contributed by atoms with Crippen LogP contribution < -0.4 is 5.32 Å². The van der Waals surface area contributed by atoms with Gasteiger partial charge >= 0.3 is 0 Å². The molecule has 3 heteroatoms. The Morgan fingerprint density at radius 1 is 0.958 bits per heavy atom. The molecule has 1 aliphatic rings. The molecule has 0 aromatic heterocycles. The number of benzene rings is 3. The molecule has 0 bridgehead atoms. The molecule has 1 amide bonds. The van der Waals surface area contributed by atoms with Crippen molar-refractivity contribution in [2.24, 2.45) is 0 Å². The maximum atomic E-state index is 13.1. The minimum Gasteiger partial charge on any atom is -0.351 e. The van der Waals surface area contributed by atoms with Crippen LogP contribution in [0.25, 0.3) is 10.8 Å². The van der Waals surface area contributed by atoms with Gasteiger partial charge in [0.25, 0.3) is 5.91 Å². The zero-order valence-electron chi connectivity index (χ0n) is 13.3. The van der Waals surface area contributed by atoms with Gasteiger partial charge in [0.2, 0.25) is 0 Å². The summed E-state index contributed by atoms with van der Waals surface area (Å²) in [6.45, 7) is 0.588. The summed E-state index contributed by atoms with van der Waals surface area (Å²) in [6, 6.07) is 20.4. The van der Waals surface area contributed by atoms with Crippen LogP contribution in [0.2, 0.25) is 0 Å². The Morgan fingerprint density at radius 2 is 1.67 bits per heavy atom. The number of nitrogens with one attached hydrogen (secondary N) is 1. The van der Waals surface area contributed by atoms with E-state index in [2.05, 4.69) is 5.32 Å². The molecular weight excluding hydrogens is 301 g/mol. The molecule has 1 aliphatic carbocycles. The molecule has 0 unspecified atom stereocenters. The molecule has 0 saturated heterocycles. The third-order valence-electron chi connectivity index (χ3n) is 4.91. The lowest BCUT2D eigenvalue weighted by atomic mass is 9.95. The predicted molar refractivity (Wildman–Crippen MR) is 93.6 cm³/mol. The SMILES string of the molecule is O=C(NCC1(c2ccc(F)cc2)CC1)c1ccc2ccccc2c1. The fraction of sp³-hybridized carbons (Fsp3) is 0.190. The molecule has 0 atom stereocenters. The van der Waals surface area contributed by atoms with Gasteiger partial charge in [0.15, 0.2) is 0 Å². The van der Waals surface area contributed by atoms with E-state index in [0.717, 1.165) is 29.2 Å². The molecule has 1 saturated carbocycles. The Balaban J connectivity index is 1.48. The Labute approximate surface area is 140 Å². The minimum absolute atomic E-state index is 0.0276. The van der Waals surface area contributed by atoms with Crippen LogP contribution >= 0.6 is 0 Å². The van der Waals surface area contributed by atoms with Crippen molar-refractivity contribution in [3.63, 3.8) is 0 Å². The lowest BCUT2D eigenvalue weighted by Gasteiger charge is -2.17. The average molecular weight is 319 g/mol. The number of amides is 1. The standard InChI is InChI=1S/C21H18FNO/c22-19-9-7-18(8-10-19)21(11-12-21)14-23-20(24)17-6-5-15-3-1-2-4-16(15)13-17/h1-10,13H,11-12,14H2,(H,23,24). The number of carbonyl (C=O) groups is 1. The smallest absolute Gasteiger partial charge is 0.251 e. The molecule has 2 nitrogen and oxygen atoms in total. The van der Waals surface area contributed by atoms with Crippen molar-refractivity contribution < 1.29 is 9.18 Å². The van der Waals surface area contributed by atoms with Crippen LogP contribution in [0.4, 0.5) is 4.39 Å². The van der Waals surface area contributed by atoms with E-state index in [-0.39, 0.29) is 17.1 Å². The average Bonchev–Trinajstić information content (AvgIpc) is 3.41. The molecule has 0 aliphatic heterocycles. The molecule has 4 rings (SSSR count). The summed E-state index contributed by atoms with van der Waals surface area (Å²) in [7, 11) is 0. The monoisotopic (exact) mass is 319 g/mol. The first kappa shape index (κ1) is 14.9. The first-order chi connectivity index (χ1) is 11.7. The molecular formula is C21H18FNO. The number of fused-ring (bicyclic) bond motifs is 1. The van der Waals surface area contributed by atoms with Gasteiger partial charge in [-0.15, -0.1) is 0 Å². The van der Waals surface area contributed by atoms with Crippen molar-refractivity contribution in [2.75, 3.05) is 6.54 Å². The molecule has 3 aromatic carbocycles. The van der Waals surface area contributed by atoms with Gasteiger partial charge in [0, 0.05) is 17.5 Å². The zero-order valence-corrected chi connectivity index (χ0v) is 13.3. The molecule has 1 N–H and O–H groups in total. The van der Waals surface area contributed by atoms with Crippen LogP contribution in [0.1, 0.15) is 28.8 Å². The first-order valence-electron chi connectivity index (χ1n) is 8.19. The topological polar surface area (TPSA) is 29.1 Å². The van der Waals surface area contributed by atoms with Gasteiger partial charge in [-0.05, 0) is 53.4 Å². The van der Waals surface area contributed by atoms with Crippen molar-refractivity contribution >= 4 is 16.7 Å². The maximum Gasteiger partial charge on any atom is 0.251 e. The van der Waals surface area contributed by atoms with E-state index < -0.39 is 0 Å². The van der Waals surface area contributed by atoms with Gasteiger partial charge in [-0.3, -0.25) is 4.79 Å². The van der Waals surface area contributed by atoms with E-state index in [0.29, 0.717) is 12.1 Å². The summed E-state index contributed by atoms with van der Waals surface area (Å²) in [4.78, 5) is 12.5. The van der Waals surface area contributed by atoms with Gasteiger partial charge < -0.3 is 5.32 Å². The zero-order chi connectivity index (χ0) is 16.6. The third kappa shape index (κ3) is 2.78. The van der Waals surface area contributed by atoms with Gasteiger partial charge in [-0.2, -0.15) is 0 Å². The Kier molecular flexibility index (Phi) is 3.57. The summed E-state index contributed by atoms with van der Waals surface area (Å²) in [5.41, 5.74) is 1.74. The highest BCUT2D eigenvalue weighted by Crippen LogP contribution is 2.47. The van der Waals surface area contributed by atoms with Crippen LogP contribution in [-0.4, -0.2) is 12.5 Å². The number of carbonyl (C=O) groups excluding carboxylic acids is 1. The lowest BCUT2D eigenvalue weighted by Crippen LogP contribution is -2.32. The van der Waals surface area contributed by atoms with E-state index >= 15 is 0 Å². The highest BCUT2D eigenvalue weighted by Gasteiger charge is 2.44. The largest absolute Gasteiger partial charge is 0.351 e. The normalized spacial score (nSPS) is 15.2. The minimum atomic E-state index is -0.227. The summed E-state index contributed by atoms with van der Waals surface area (Å²) in [5.74, 6) is -0.288. The van der Waals surface area contributed by atoms with Crippen molar-refractivity contribution in [2.45, 2.75) is 18.3 Å². The van der Waals surface area contributed by atoms with Crippen molar-refractivity contribution in [1.82, 2.24) is 5.32 Å². The van der Waals surface area contributed by atoms with Gasteiger partial charge in [-0.1, -0.05) is 42.5 Å². The quantitative estimate of drug-likeness (QED) is 0.757. The molecule has 0 heterocycles. The van der Waals surface area contributed by atoms with Crippen molar-refractivity contribution in [3.8, 4) is 0 Å². The van der Waals surface area contributed by atoms with E-state index in [4.69, 9.17) is 0 Å². The van der Waals surface area contributed by atoms with E-state index in [1.807, 2.05) is 54.6 Å². The molecule has 24 heavy (non-hydrogen) atoms. The number of hydrogen-bond acceptors (Lipinski definition) is 1. The highest BCUT2D eigenvalue weighted by atomic mass is 19.1. The number of halogens is 1. The fourth-order valence-electron chi connectivity index (χ4n) is 3.20. The van der Waals surface area contributed by atoms with Crippen LogP contribution in [0, 0.1) is 5.82 Å². The van der Waals surface area contributed by atoms with E-state index in [1.54, 1.807) is 0 Å². The second-order valence-electron chi connectivity index (χ2n) is 6.53. The summed E-state index contributed by atoms with van der Waals surface area (Å²) >= 11 is 0. The fourth-order valence-corrected chi connectivity index (χ4v) is 3.20. The van der Waals surface area contributed by atoms with Crippen molar-refractivity contribution in [1.29, 1.82) is 0 Å². The molecule has 120 valence electrons.